The normalized spacial score (nSPS) is 16.3. The van der Waals surface area contributed by atoms with E-state index < -0.39 is 16.8 Å². The van der Waals surface area contributed by atoms with E-state index in [1.54, 1.807) is 17.0 Å². The van der Waals surface area contributed by atoms with Gasteiger partial charge in [0, 0.05) is 37.5 Å². The maximum Gasteiger partial charge on any atom is 0.354 e. The Morgan fingerprint density at radius 2 is 2.00 bits per heavy atom. The summed E-state index contributed by atoms with van der Waals surface area (Å²) < 4.78 is 12.0. The van der Waals surface area contributed by atoms with E-state index in [1.807, 2.05) is 10.8 Å². The molecule has 0 spiro atoms. The number of esters is 1. The maximum atomic E-state index is 12.9. The topological polar surface area (TPSA) is 124 Å². The first-order valence-corrected chi connectivity index (χ1v) is 10.1. The third-order valence-corrected chi connectivity index (χ3v) is 5.77. The van der Waals surface area contributed by atoms with Crippen LogP contribution < -0.4 is 9.64 Å². The van der Waals surface area contributed by atoms with Gasteiger partial charge in [0.15, 0.2) is 6.61 Å². The van der Waals surface area contributed by atoms with Gasteiger partial charge in [-0.2, -0.15) is 0 Å². The highest BCUT2D eigenvalue weighted by atomic mass is 16.6. The van der Waals surface area contributed by atoms with Crippen molar-refractivity contribution in [2.45, 2.75) is 18.9 Å². The number of ether oxygens (including phenoxy) is 2. The number of amides is 2. The molecular formula is C21H22N4O7. The summed E-state index contributed by atoms with van der Waals surface area (Å²) in [5.41, 5.74) is 0.497. The number of piperidine rings is 1. The van der Waals surface area contributed by atoms with Crippen LogP contribution in [0.1, 0.15) is 29.4 Å². The molecule has 1 aromatic carbocycles. The zero-order chi connectivity index (χ0) is 22.8. The van der Waals surface area contributed by atoms with Gasteiger partial charge < -0.3 is 18.9 Å². The maximum absolute atomic E-state index is 12.9. The number of fused-ring (bicyclic) bond motifs is 1. The Balaban J connectivity index is 1.43. The van der Waals surface area contributed by atoms with Crippen molar-refractivity contribution in [3.8, 4) is 5.75 Å². The SMILES string of the molecule is COC(=O)c1cccn1C1CCN(C(=O)CN2C(=O)COc3ccc([N+](=O)[O-])cc32)CC1. The van der Waals surface area contributed by atoms with Gasteiger partial charge in [0.05, 0.1) is 17.7 Å². The second-order valence-corrected chi connectivity index (χ2v) is 7.58. The lowest BCUT2D eigenvalue weighted by Gasteiger charge is -2.35. The summed E-state index contributed by atoms with van der Waals surface area (Å²) in [4.78, 5) is 50.7. The van der Waals surface area contributed by atoms with Crippen LogP contribution in [0.2, 0.25) is 0 Å². The molecule has 2 amide bonds. The second-order valence-electron chi connectivity index (χ2n) is 7.58. The van der Waals surface area contributed by atoms with E-state index >= 15 is 0 Å². The zero-order valence-corrected chi connectivity index (χ0v) is 17.4. The first-order chi connectivity index (χ1) is 15.4. The fraction of sp³-hybridized carbons (Fsp3) is 0.381. The molecule has 0 radical (unpaired) electrons. The molecular weight excluding hydrogens is 420 g/mol. The Hall–Kier alpha value is -3.89. The third-order valence-electron chi connectivity index (χ3n) is 5.77. The lowest BCUT2D eigenvalue weighted by molar-refractivity contribution is -0.384. The molecule has 11 nitrogen and oxygen atoms in total. The number of rotatable bonds is 5. The highest BCUT2D eigenvalue weighted by Crippen LogP contribution is 2.35. The van der Waals surface area contributed by atoms with E-state index in [0.29, 0.717) is 37.4 Å². The van der Waals surface area contributed by atoms with Crippen LogP contribution in [-0.2, 0) is 14.3 Å². The molecule has 0 saturated carbocycles. The van der Waals surface area contributed by atoms with Crippen molar-refractivity contribution >= 4 is 29.2 Å². The van der Waals surface area contributed by atoms with Gasteiger partial charge in [0.25, 0.3) is 11.6 Å². The third kappa shape index (κ3) is 4.01. The smallest absolute Gasteiger partial charge is 0.354 e. The number of non-ortho nitro benzene ring substituents is 1. The average Bonchev–Trinajstić information content (AvgIpc) is 3.30. The molecule has 0 bridgehead atoms. The molecule has 2 aromatic rings. The van der Waals surface area contributed by atoms with Crippen molar-refractivity contribution in [3.63, 3.8) is 0 Å². The Kier molecular flexibility index (Phi) is 5.80. The number of nitro benzene ring substituents is 1. The van der Waals surface area contributed by atoms with Crippen LogP contribution in [0.4, 0.5) is 11.4 Å². The standard InChI is InChI=1S/C21H22N4O7/c1-31-21(28)16-3-2-8-23(16)14-6-9-22(10-7-14)19(26)12-24-17-11-15(25(29)30)4-5-18(17)32-13-20(24)27/h2-5,8,11,14H,6-7,9-10,12-13H2,1H3. The van der Waals surface area contributed by atoms with Gasteiger partial charge in [-0.3, -0.25) is 24.6 Å². The summed E-state index contributed by atoms with van der Waals surface area (Å²) >= 11 is 0. The van der Waals surface area contributed by atoms with Crippen LogP contribution in [-0.4, -0.2) is 65.5 Å². The minimum absolute atomic E-state index is 0.0524. The predicted molar refractivity (Wildman–Crippen MR) is 112 cm³/mol. The molecule has 4 rings (SSSR count). The Bertz CT molecular complexity index is 1070. The number of aromatic nitrogens is 1. The summed E-state index contributed by atoms with van der Waals surface area (Å²) in [5.74, 6) is -0.773. The fourth-order valence-corrected chi connectivity index (χ4v) is 4.10. The molecule has 2 aliphatic rings. The van der Waals surface area contributed by atoms with E-state index in [2.05, 4.69) is 0 Å². The van der Waals surface area contributed by atoms with Gasteiger partial charge in [-0.15, -0.1) is 0 Å². The van der Waals surface area contributed by atoms with E-state index in [1.165, 1.54) is 30.2 Å². The van der Waals surface area contributed by atoms with Crippen LogP contribution in [0, 0.1) is 10.1 Å². The number of likely N-dealkylation sites (tertiary alicyclic amines) is 1. The number of carbonyl (C=O) groups excluding carboxylic acids is 3. The minimum Gasteiger partial charge on any atom is -0.482 e. The van der Waals surface area contributed by atoms with Gasteiger partial charge in [-0.25, -0.2) is 4.79 Å². The number of methoxy groups -OCH3 is 1. The van der Waals surface area contributed by atoms with Crippen LogP contribution in [0.15, 0.2) is 36.5 Å². The Morgan fingerprint density at radius 1 is 1.25 bits per heavy atom. The molecule has 0 aliphatic carbocycles. The molecule has 3 heterocycles. The van der Waals surface area contributed by atoms with Gasteiger partial charge in [0.1, 0.15) is 18.0 Å². The quantitative estimate of drug-likeness (QED) is 0.393. The molecule has 32 heavy (non-hydrogen) atoms. The van der Waals surface area contributed by atoms with Crippen molar-refractivity contribution in [2.75, 3.05) is 38.3 Å². The average molecular weight is 442 g/mol. The highest BCUT2D eigenvalue weighted by molar-refractivity contribution is 6.02. The first kappa shape index (κ1) is 21.3. The number of anilines is 1. The molecule has 1 saturated heterocycles. The van der Waals surface area contributed by atoms with Crippen molar-refractivity contribution in [1.29, 1.82) is 0 Å². The number of benzene rings is 1. The minimum atomic E-state index is -0.562. The van der Waals surface area contributed by atoms with Crippen molar-refractivity contribution in [1.82, 2.24) is 9.47 Å². The summed E-state index contributed by atoms with van der Waals surface area (Å²) in [7, 11) is 1.33. The fourth-order valence-electron chi connectivity index (χ4n) is 4.10. The second kappa shape index (κ2) is 8.69. The highest BCUT2D eigenvalue weighted by Gasteiger charge is 2.32. The van der Waals surface area contributed by atoms with Crippen LogP contribution in [0.25, 0.3) is 0 Å². The Morgan fingerprint density at radius 3 is 2.69 bits per heavy atom. The monoisotopic (exact) mass is 442 g/mol. The summed E-state index contributed by atoms with van der Waals surface area (Å²) in [6.45, 7) is 0.466. The van der Waals surface area contributed by atoms with Gasteiger partial charge in [0.2, 0.25) is 5.91 Å². The van der Waals surface area contributed by atoms with E-state index in [0.717, 1.165) is 0 Å². The van der Waals surface area contributed by atoms with E-state index in [-0.39, 0.29) is 36.5 Å². The lowest BCUT2D eigenvalue weighted by Crippen LogP contribution is -2.48. The van der Waals surface area contributed by atoms with Crippen molar-refractivity contribution in [3.05, 3.63) is 52.3 Å². The summed E-state index contributed by atoms with van der Waals surface area (Å²) in [6.07, 6.45) is 3.11. The van der Waals surface area contributed by atoms with Crippen LogP contribution >= 0.6 is 0 Å². The number of nitrogens with zero attached hydrogens (tertiary/aromatic N) is 4. The summed E-state index contributed by atoms with van der Waals surface area (Å²) in [5, 5.41) is 11.1. The Labute approximate surface area is 183 Å². The first-order valence-electron chi connectivity index (χ1n) is 10.1. The molecule has 0 atom stereocenters. The van der Waals surface area contributed by atoms with E-state index in [9.17, 15) is 24.5 Å². The van der Waals surface area contributed by atoms with Gasteiger partial charge in [-0.05, 0) is 31.0 Å². The molecule has 2 aliphatic heterocycles. The molecule has 168 valence electrons. The zero-order valence-electron chi connectivity index (χ0n) is 17.4. The lowest BCUT2D eigenvalue weighted by atomic mass is 10.0. The summed E-state index contributed by atoms with van der Waals surface area (Å²) in [6, 6.07) is 7.50. The van der Waals surface area contributed by atoms with Gasteiger partial charge in [-0.1, -0.05) is 0 Å². The van der Waals surface area contributed by atoms with Crippen LogP contribution in [0.3, 0.4) is 0 Å². The molecule has 1 fully saturated rings. The van der Waals surface area contributed by atoms with Crippen LogP contribution in [0.5, 0.6) is 5.75 Å². The largest absolute Gasteiger partial charge is 0.482 e. The molecule has 1 aromatic heterocycles. The van der Waals surface area contributed by atoms with E-state index in [4.69, 9.17) is 9.47 Å². The molecule has 11 heteroatoms. The number of carbonyl (C=O) groups is 3. The van der Waals surface area contributed by atoms with Crippen molar-refractivity contribution < 1.29 is 28.8 Å². The van der Waals surface area contributed by atoms with Gasteiger partial charge >= 0.3 is 5.97 Å². The van der Waals surface area contributed by atoms with Crippen molar-refractivity contribution in [2.24, 2.45) is 0 Å². The molecule has 0 unspecified atom stereocenters. The number of hydrogen-bond donors (Lipinski definition) is 0. The number of hydrogen-bond acceptors (Lipinski definition) is 7. The number of nitro groups is 1. The molecule has 0 N–H and O–H groups in total. The predicted octanol–water partition coefficient (Wildman–Crippen LogP) is 1.77.